The third kappa shape index (κ3) is 3.59. The average Bonchev–Trinajstić information content (AvgIpc) is 3.49. The Morgan fingerprint density at radius 1 is 0.970 bits per heavy atom. The van der Waals surface area contributed by atoms with E-state index in [9.17, 15) is 4.79 Å². The number of imidazole rings is 1. The number of hydrogen-bond donors (Lipinski definition) is 1. The number of nitrogens with zero attached hydrogens (tertiary/aromatic N) is 2. The van der Waals surface area contributed by atoms with Gasteiger partial charge < -0.3 is 9.88 Å². The molecular weight excluding hydrogens is 406 g/mol. The topological polar surface area (TPSA) is 46.9 Å². The Morgan fingerprint density at radius 2 is 1.70 bits per heavy atom. The second-order valence-corrected chi connectivity index (χ2v) is 9.75. The van der Waals surface area contributed by atoms with E-state index in [0.717, 1.165) is 54.8 Å². The fraction of sp³-hybridized carbons (Fsp3) is 0.310. The molecule has 4 aromatic rings. The van der Waals surface area contributed by atoms with Crippen molar-refractivity contribution in [3.63, 3.8) is 0 Å². The second kappa shape index (κ2) is 7.96. The molecule has 3 aromatic carbocycles. The van der Waals surface area contributed by atoms with Crippen molar-refractivity contribution in [1.29, 1.82) is 0 Å². The molecule has 1 aromatic heterocycles. The molecule has 1 aliphatic heterocycles. The molecule has 4 nitrogen and oxygen atoms in total. The van der Waals surface area contributed by atoms with Crippen LogP contribution in [0.2, 0.25) is 0 Å². The van der Waals surface area contributed by atoms with Crippen LogP contribution < -0.4 is 5.32 Å². The summed E-state index contributed by atoms with van der Waals surface area (Å²) in [5.74, 6) is 1.66. The predicted molar refractivity (Wildman–Crippen MR) is 133 cm³/mol. The van der Waals surface area contributed by atoms with E-state index in [1.165, 1.54) is 16.7 Å². The lowest BCUT2D eigenvalue weighted by atomic mass is 9.80. The summed E-state index contributed by atoms with van der Waals surface area (Å²) in [6, 6.07) is 25.5. The molecule has 6 rings (SSSR count). The van der Waals surface area contributed by atoms with E-state index in [0.29, 0.717) is 12.3 Å². The van der Waals surface area contributed by atoms with Crippen molar-refractivity contribution in [1.82, 2.24) is 14.9 Å². The molecule has 166 valence electrons. The number of hydrogen-bond acceptors (Lipinski definition) is 3. The number of carbonyl (C=O) groups is 1. The maximum absolute atomic E-state index is 13.4. The highest BCUT2D eigenvalue weighted by molar-refractivity contribution is 5.90. The molecule has 1 saturated heterocycles. The molecule has 0 spiro atoms. The number of Topliss-reactive ketones (excluding diaryl/α,β-unsaturated/α-hetero) is 1. The summed E-state index contributed by atoms with van der Waals surface area (Å²) in [5.41, 5.74) is 6.47. The van der Waals surface area contributed by atoms with Crippen molar-refractivity contribution < 1.29 is 4.79 Å². The molecule has 1 saturated carbocycles. The van der Waals surface area contributed by atoms with Gasteiger partial charge in [-0.1, -0.05) is 66.7 Å². The Hall–Kier alpha value is -3.24. The minimum Gasteiger partial charge on any atom is -0.323 e. The van der Waals surface area contributed by atoms with Crippen LogP contribution in [0.5, 0.6) is 0 Å². The van der Waals surface area contributed by atoms with E-state index in [1.807, 2.05) is 6.07 Å². The summed E-state index contributed by atoms with van der Waals surface area (Å²) in [6.07, 6.45) is 3.01. The van der Waals surface area contributed by atoms with E-state index in [2.05, 4.69) is 83.5 Å². The number of rotatable bonds is 6. The molecule has 1 aliphatic carbocycles. The van der Waals surface area contributed by atoms with Crippen LogP contribution in [0, 0.1) is 18.3 Å². The van der Waals surface area contributed by atoms with Crippen molar-refractivity contribution in [2.75, 3.05) is 13.1 Å². The maximum atomic E-state index is 13.4. The van der Waals surface area contributed by atoms with E-state index in [4.69, 9.17) is 4.98 Å². The van der Waals surface area contributed by atoms with Crippen LogP contribution in [0.25, 0.3) is 33.5 Å². The first-order chi connectivity index (χ1) is 16.1. The molecule has 2 heterocycles. The zero-order valence-electron chi connectivity index (χ0n) is 19.1. The zero-order chi connectivity index (χ0) is 22.4. The number of aryl methyl sites for hydroxylation is 1. The largest absolute Gasteiger partial charge is 0.323 e. The second-order valence-electron chi connectivity index (χ2n) is 9.75. The van der Waals surface area contributed by atoms with Gasteiger partial charge in [0.2, 0.25) is 0 Å². The fourth-order valence-electron chi connectivity index (χ4n) is 5.36. The minimum atomic E-state index is -0.336. The predicted octanol–water partition coefficient (Wildman–Crippen LogP) is 5.64. The first kappa shape index (κ1) is 20.4. The van der Waals surface area contributed by atoms with Gasteiger partial charge in [0.1, 0.15) is 11.6 Å². The maximum Gasteiger partial charge on any atom is 0.145 e. The normalized spacial score (nSPS) is 20.4. The number of fused-ring (bicyclic) bond motifs is 1. The van der Waals surface area contributed by atoms with Gasteiger partial charge >= 0.3 is 0 Å². The Bertz CT molecular complexity index is 1310. The summed E-state index contributed by atoms with van der Waals surface area (Å²) in [4.78, 5) is 18.5. The molecule has 1 atom stereocenters. The van der Waals surface area contributed by atoms with Gasteiger partial charge in [0.15, 0.2) is 0 Å². The van der Waals surface area contributed by atoms with Crippen LogP contribution >= 0.6 is 0 Å². The highest BCUT2D eigenvalue weighted by Gasteiger charge is 2.48. The Balaban J connectivity index is 1.45. The molecule has 0 bridgehead atoms. The molecule has 0 unspecified atom stereocenters. The number of nitrogens with one attached hydrogen (secondary N) is 1. The highest BCUT2D eigenvalue weighted by atomic mass is 16.1. The van der Waals surface area contributed by atoms with Crippen LogP contribution in [-0.2, 0) is 11.3 Å². The highest BCUT2D eigenvalue weighted by Crippen LogP contribution is 2.42. The van der Waals surface area contributed by atoms with Crippen LogP contribution in [0.1, 0.15) is 24.8 Å². The van der Waals surface area contributed by atoms with Gasteiger partial charge in [0, 0.05) is 24.6 Å². The monoisotopic (exact) mass is 435 g/mol. The zero-order valence-corrected chi connectivity index (χ0v) is 19.1. The van der Waals surface area contributed by atoms with Crippen LogP contribution in [-0.4, -0.2) is 28.4 Å². The minimum absolute atomic E-state index is 0.259. The Labute approximate surface area is 194 Å². The number of benzene rings is 3. The lowest BCUT2D eigenvalue weighted by Gasteiger charge is -2.28. The molecule has 2 fully saturated rings. The Kier molecular flexibility index (Phi) is 4.92. The summed E-state index contributed by atoms with van der Waals surface area (Å²) in [7, 11) is 0. The van der Waals surface area contributed by atoms with Gasteiger partial charge in [-0.15, -0.1) is 0 Å². The van der Waals surface area contributed by atoms with E-state index >= 15 is 0 Å². The third-order valence-corrected chi connectivity index (χ3v) is 7.41. The Morgan fingerprint density at radius 3 is 2.39 bits per heavy atom. The summed E-state index contributed by atoms with van der Waals surface area (Å²) >= 11 is 0. The fourth-order valence-corrected chi connectivity index (χ4v) is 5.36. The van der Waals surface area contributed by atoms with Gasteiger partial charge in [-0.25, -0.2) is 4.98 Å². The lowest BCUT2D eigenvalue weighted by Crippen LogP contribution is -2.39. The quantitative estimate of drug-likeness (QED) is 0.426. The van der Waals surface area contributed by atoms with Crippen molar-refractivity contribution in [3.8, 4) is 22.5 Å². The molecule has 0 radical (unpaired) electrons. The van der Waals surface area contributed by atoms with Gasteiger partial charge in [-0.3, -0.25) is 4.79 Å². The molecular formula is C29H29N3O. The van der Waals surface area contributed by atoms with E-state index in [1.54, 1.807) is 0 Å². The summed E-state index contributed by atoms with van der Waals surface area (Å²) < 4.78 is 2.31. The summed E-state index contributed by atoms with van der Waals surface area (Å²) in [5, 5.41) is 3.48. The smallest absolute Gasteiger partial charge is 0.145 e. The average molecular weight is 436 g/mol. The third-order valence-electron chi connectivity index (χ3n) is 7.41. The van der Waals surface area contributed by atoms with Gasteiger partial charge in [0.25, 0.3) is 0 Å². The van der Waals surface area contributed by atoms with E-state index in [-0.39, 0.29) is 11.3 Å². The first-order valence-electron chi connectivity index (χ1n) is 12.0. The van der Waals surface area contributed by atoms with Crippen molar-refractivity contribution in [2.24, 2.45) is 11.3 Å². The molecule has 0 amide bonds. The number of ketones is 1. The number of aromatic nitrogens is 2. The molecule has 1 N–H and O–H groups in total. The van der Waals surface area contributed by atoms with Gasteiger partial charge in [-0.2, -0.15) is 0 Å². The SMILES string of the molecule is Cc1cccc2c1nc(-c1ccc(-c3ccccc3)cc1)n2C[C@]1(C(=O)C2CC2)CCNC1. The first-order valence-corrected chi connectivity index (χ1v) is 12.0. The van der Waals surface area contributed by atoms with Gasteiger partial charge in [0.05, 0.1) is 16.4 Å². The number of carbonyl (C=O) groups excluding carboxylic acids is 1. The van der Waals surface area contributed by atoms with Crippen molar-refractivity contribution in [2.45, 2.75) is 32.7 Å². The lowest BCUT2D eigenvalue weighted by molar-refractivity contribution is -0.129. The van der Waals surface area contributed by atoms with Crippen LogP contribution in [0.4, 0.5) is 0 Å². The molecule has 4 heteroatoms. The standard InChI is InChI=1S/C29H29N3O/c1-20-6-5-9-25-26(20)31-28(24-14-10-22(11-15-24)21-7-3-2-4-8-21)32(25)19-29(16-17-30-18-29)27(33)23-12-13-23/h2-11,14-15,23,30H,12-13,16-19H2,1H3/t29-/m0/s1. The summed E-state index contributed by atoms with van der Waals surface area (Å²) in [6.45, 7) is 4.47. The molecule has 2 aliphatic rings. The number of para-hydroxylation sites is 1. The van der Waals surface area contributed by atoms with Crippen LogP contribution in [0.3, 0.4) is 0 Å². The van der Waals surface area contributed by atoms with Crippen molar-refractivity contribution in [3.05, 3.63) is 78.4 Å². The van der Waals surface area contributed by atoms with E-state index < -0.39 is 0 Å². The van der Waals surface area contributed by atoms with Gasteiger partial charge in [-0.05, 0) is 55.5 Å². The van der Waals surface area contributed by atoms with Crippen molar-refractivity contribution >= 4 is 16.8 Å². The van der Waals surface area contributed by atoms with Crippen LogP contribution in [0.15, 0.2) is 72.8 Å². The molecule has 33 heavy (non-hydrogen) atoms.